The van der Waals surface area contributed by atoms with Gasteiger partial charge in [-0.2, -0.15) is 0 Å². The average molecular weight is 437 g/mol. The van der Waals surface area contributed by atoms with Crippen molar-refractivity contribution in [1.29, 1.82) is 0 Å². The summed E-state index contributed by atoms with van der Waals surface area (Å²) in [6.07, 6.45) is 3.30. The highest BCUT2D eigenvalue weighted by atomic mass is 35.5. The fraction of sp³-hybridized carbons (Fsp3) is 0.160. The Morgan fingerprint density at radius 3 is 2.71 bits per heavy atom. The summed E-state index contributed by atoms with van der Waals surface area (Å²) in [4.78, 5) is 12.6. The summed E-state index contributed by atoms with van der Waals surface area (Å²) in [6.45, 7) is 2.43. The number of fused-ring (bicyclic) bond motifs is 1. The van der Waals surface area contributed by atoms with Crippen LogP contribution in [0, 0.1) is 6.92 Å². The normalized spacial score (nSPS) is 12.2. The minimum absolute atomic E-state index is 0.122. The Kier molecular flexibility index (Phi) is 6.14. The fourth-order valence-corrected chi connectivity index (χ4v) is 3.32. The minimum Gasteiger partial charge on any atom is -0.496 e. The van der Waals surface area contributed by atoms with Crippen LogP contribution in [0.1, 0.15) is 27.0 Å². The van der Waals surface area contributed by atoms with E-state index in [9.17, 15) is 4.79 Å². The Balaban J connectivity index is 1.48. The molecule has 0 aliphatic carbocycles. The van der Waals surface area contributed by atoms with E-state index in [1.165, 1.54) is 6.08 Å². The third kappa shape index (κ3) is 4.84. The second-order valence-electron chi connectivity index (χ2n) is 7.04. The molecular formula is C25H21ClO5. The van der Waals surface area contributed by atoms with Gasteiger partial charge in [-0.05, 0) is 72.7 Å². The third-order valence-electron chi connectivity index (χ3n) is 4.91. The predicted octanol–water partition coefficient (Wildman–Crippen LogP) is 5.86. The fourth-order valence-electron chi connectivity index (χ4n) is 3.20. The predicted molar refractivity (Wildman–Crippen MR) is 119 cm³/mol. The zero-order valence-electron chi connectivity index (χ0n) is 17.2. The summed E-state index contributed by atoms with van der Waals surface area (Å²) < 4.78 is 22.0. The molecule has 158 valence electrons. The van der Waals surface area contributed by atoms with Crippen molar-refractivity contribution in [3.8, 4) is 23.0 Å². The molecule has 0 bridgehead atoms. The van der Waals surface area contributed by atoms with Crippen LogP contribution in [0.15, 0.2) is 60.7 Å². The van der Waals surface area contributed by atoms with E-state index in [4.69, 9.17) is 30.5 Å². The quantitative estimate of drug-likeness (QED) is 0.343. The van der Waals surface area contributed by atoms with Crippen LogP contribution in [-0.2, 0) is 6.61 Å². The molecule has 0 fully saturated rings. The second-order valence-corrected chi connectivity index (χ2v) is 7.44. The SMILES string of the molecule is COc1ccc(/C=C/C(=O)c2ccc3c(c2)OCO3)cc1COc1ccc(Cl)c(C)c1. The summed E-state index contributed by atoms with van der Waals surface area (Å²) in [7, 11) is 1.62. The first-order chi connectivity index (χ1) is 15.0. The number of aryl methyl sites for hydroxylation is 1. The summed E-state index contributed by atoms with van der Waals surface area (Å²) >= 11 is 6.07. The molecular weight excluding hydrogens is 416 g/mol. The van der Waals surface area contributed by atoms with E-state index in [-0.39, 0.29) is 12.6 Å². The first kappa shape index (κ1) is 20.8. The van der Waals surface area contributed by atoms with Crippen LogP contribution in [0.3, 0.4) is 0 Å². The van der Waals surface area contributed by atoms with Crippen LogP contribution in [0.4, 0.5) is 0 Å². The lowest BCUT2D eigenvalue weighted by Gasteiger charge is -2.12. The van der Waals surface area contributed by atoms with Crippen LogP contribution in [0.5, 0.6) is 23.0 Å². The Morgan fingerprint density at radius 2 is 1.90 bits per heavy atom. The van der Waals surface area contributed by atoms with Crippen LogP contribution in [0.25, 0.3) is 6.08 Å². The van der Waals surface area contributed by atoms with Crippen molar-refractivity contribution in [2.24, 2.45) is 0 Å². The first-order valence-electron chi connectivity index (χ1n) is 9.71. The largest absolute Gasteiger partial charge is 0.496 e. The van der Waals surface area contributed by atoms with E-state index in [1.807, 2.05) is 43.3 Å². The molecule has 0 N–H and O–H groups in total. The zero-order valence-corrected chi connectivity index (χ0v) is 17.9. The van der Waals surface area contributed by atoms with Crippen LogP contribution < -0.4 is 18.9 Å². The summed E-state index contributed by atoms with van der Waals surface area (Å²) in [5.41, 5.74) is 3.22. The van der Waals surface area contributed by atoms with Gasteiger partial charge >= 0.3 is 0 Å². The van der Waals surface area contributed by atoms with Crippen molar-refractivity contribution >= 4 is 23.5 Å². The van der Waals surface area contributed by atoms with Gasteiger partial charge in [-0.25, -0.2) is 0 Å². The molecule has 0 radical (unpaired) electrons. The topological polar surface area (TPSA) is 54.0 Å². The van der Waals surface area contributed by atoms with E-state index >= 15 is 0 Å². The number of halogens is 1. The van der Waals surface area contributed by atoms with Crippen molar-refractivity contribution in [1.82, 2.24) is 0 Å². The molecule has 3 aromatic carbocycles. The molecule has 1 aliphatic heterocycles. The lowest BCUT2D eigenvalue weighted by molar-refractivity contribution is 0.104. The van der Waals surface area contributed by atoms with E-state index in [1.54, 1.807) is 31.4 Å². The molecule has 1 aliphatic rings. The lowest BCUT2D eigenvalue weighted by atomic mass is 10.1. The second kappa shape index (κ2) is 9.14. The van der Waals surface area contributed by atoms with Crippen LogP contribution in [0.2, 0.25) is 5.02 Å². The molecule has 5 nitrogen and oxygen atoms in total. The number of carbonyl (C=O) groups is 1. The van der Waals surface area contributed by atoms with Gasteiger partial charge in [-0.15, -0.1) is 0 Å². The van der Waals surface area contributed by atoms with Crippen molar-refractivity contribution in [3.05, 3.63) is 87.9 Å². The molecule has 0 spiro atoms. The molecule has 6 heteroatoms. The van der Waals surface area contributed by atoms with E-state index in [2.05, 4.69) is 0 Å². The van der Waals surface area contributed by atoms with E-state index in [0.717, 1.165) is 22.4 Å². The Labute approximate surface area is 185 Å². The zero-order chi connectivity index (χ0) is 21.8. The monoisotopic (exact) mass is 436 g/mol. The van der Waals surface area contributed by atoms with Gasteiger partial charge in [0.15, 0.2) is 17.3 Å². The van der Waals surface area contributed by atoms with Gasteiger partial charge in [0.1, 0.15) is 18.1 Å². The summed E-state index contributed by atoms with van der Waals surface area (Å²) in [6, 6.07) is 16.4. The highest BCUT2D eigenvalue weighted by Gasteiger charge is 2.15. The molecule has 0 unspecified atom stereocenters. The molecule has 0 aromatic heterocycles. The number of carbonyl (C=O) groups excluding carboxylic acids is 1. The maximum Gasteiger partial charge on any atom is 0.231 e. The number of hydrogen-bond donors (Lipinski definition) is 0. The van der Waals surface area contributed by atoms with Gasteiger partial charge in [0.2, 0.25) is 6.79 Å². The number of benzene rings is 3. The van der Waals surface area contributed by atoms with Crippen LogP contribution in [-0.4, -0.2) is 19.7 Å². The number of ether oxygens (including phenoxy) is 4. The first-order valence-corrected chi connectivity index (χ1v) is 10.1. The van der Waals surface area contributed by atoms with Crippen LogP contribution >= 0.6 is 11.6 Å². The number of rotatable bonds is 7. The summed E-state index contributed by atoms with van der Waals surface area (Å²) in [5, 5.41) is 0.698. The number of allylic oxidation sites excluding steroid dienone is 1. The van der Waals surface area contributed by atoms with Gasteiger partial charge in [0, 0.05) is 16.1 Å². The Hall–Kier alpha value is -3.44. The molecule has 3 aromatic rings. The standard InChI is InChI=1S/C25H21ClO5/c1-16-11-20(6-7-21(16)26)29-14-19-12-17(4-9-23(19)28-2)3-8-22(27)18-5-10-24-25(13-18)31-15-30-24/h3-13H,14-15H2,1-2H3/b8-3+. The summed E-state index contributed by atoms with van der Waals surface area (Å²) in [5.74, 6) is 2.55. The number of hydrogen-bond acceptors (Lipinski definition) is 5. The molecule has 1 heterocycles. The van der Waals surface area contributed by atoms with E-state index in [0.29, 0.717) is 34.4 Å². The van der Waals surface area contributed by atoms with Gasteiger partial charge in [0.25, 0.3) is 0 Å². The minimum atomic E-state index is -0.122. The lowest BCUT2D eigenvalue weighted by Crippen LogP contribution is -2.00. The Morgan fingerprint density at radius 1 is 1.06 bits per heavy atom. The van der Waals surface area contributed by atoms with Gasteiger partial charge in [0.05, 0.1) is 7.11 Å². The smallest absolute Gasteiger partial charge is 0.231 e. The van der Waals surface area contributed by atoms with Crippen molar-refractivity contribution < 1.29 is 23.7 Å². The highest BCUT2D eigenvalue weighted by Crippen LogP contribution is 2.32. The third-order valence-corrected chi connectivity index (χ3v) is 5.34. The van der Waals surface area contributed by atoms with Crippen molar-refractivity contribution in [2.45, 2.75) is 13.5 Å². The molecule has 4 rings (SSSR count). The van der Waals surface area contributed by atoms with E-state index < -0.39 is 0 Å². The highest BCUT2D eigenvalue weighted by molar-refractivity contribution is 6.31. The van der Waals surface area contributed by atoms with Crippen molar-refractivity contribution in [3.63, 3.8) is 0 Å². The molecule has 31 heavy (non-hydrogen) atoms. The number of methoxy groups -OCH3 is 1. The van der Waals surface area contributed by atoms with Gasteiger partial charge in [-0.3, -0.25) is 4.79 Å². The molecule has 0 saturated carbocycles. The molecule has 0 atom stereocenters. The van der Waals surface area contributed by atoms with Gasteiger partial charge in [-0.1, -0.05) is 23.7 Å². The molecule has 0 saturated heterocycles. The van der Waals surface area contributed by atoms with Gasteiger partial charge < -0.3 is 18.9 Å². The number of ketones is 1. The molecule has 0 amide bonds. The Bertz CT molecular complexity index is 1150. The average Bonchev–Trinajstić information content (AvgIpc) is 3.26. The maximum absolute atomic E-state index is 12.6. The maximum atomic E-state index is 12.6. The van der Waals surface area contributed by atoms with Crippen molar-refractivity contribution in [2.75, 3.05) is 13.9 Å².